The highest BCUT2D eigenvalue weighted by Crippen LogP contribution is 2.25. The van der Waals surface area contributed by atoms with E-state index < -0.39 is 0 Å². The van der Waals surface area contributed by atoms with Gasteiger partial charge in [0, 0.05) is 19.1 Å². The molecule has 102 valence electrons. The molecule has 3 nitrogen and oxygen atoms in total. The van der Waals surface area contributed by atoms with Gasteiger partial charge in [0.25, 0.3) is 5.91 Å². The van der Waals surface area contributed by atoms with Crippen LogP contribution in [-0.2, 0) is 0 Å². The predicted molar refractivity (Wildman–Crippen MR) is 78.9 cm³/mol. The quantitative estimate of drug-likeness (QED) is 0.913. The van der Waals surface area contributed by atoms with Crippen molar-refractivity contribution in [2.45, 2.75) is 25.8 Å². The van der Waals surface area contributed by atoms with Crippen LogP contribution in [0.4, 0.5) is 0 Å². The van der Waals surface area contributed by atoms with Gasteiger partial charge in [-0.3, -0.25) is 4.79 Å². The Balaban J connectivity index is 0.00000162. The highest BCUT2D eigenvalue weighted by Gasteiger charge is 2.26. The number of piperidine rings is 1. The van der Waals surface area contributed by atoms with Crippen LogP contribution in [0.5, 0.6) is 0 Å². The van der Waals surface area contributed by atoms with Crippen LogP contribution in [0, 0.1) is 5.92 Å². The number of hydrogen-bond acceptors (Lipinski definition) is 3. The second kappa shape index (κ2) is 6.75. The highest BCUT2D eigenvalue weighted by molar-refractivity contribution is 7.17. The van der Waals surface area contributed by atoms with Gasteiger partial charge in [0.1, 0.15) is 0 Å². The molecule has 6 heteroatoms. The zero-order chi connectivity index (χ0) is 12.4. The topological polar surface area (TPSA) is 46.3 Å². The largest absolute Gasteiger partial charge is 0.338 e. The molecule has 2 atom stereocenters. The van der Waals surface area contributed by atoms with E-state index in [1.54, 1.807) is 12.1 Å². The first kappa shape index (κ1) is 15.8. The molecule has 1 aliphatic rings. The van der Waals surface area contributed by atoms with Crippen LogP contribution >= 0.6 is 35.3 Å². The van der Waals surface area contributed by atoms with Gasteiger partial charge in [-0.2, -0.15) is 0 Å². The molecule has 0 radical (unpaired) electrons. The Labute approximate surface area is 123 Å². The first-order chi connectivity index (χ1) is 8.08. The number of nitrogens with zero attached hydrogens (tertiary/aromatic N) is 1. The summed E-state index contributed by atoms with van der Waals surface area (Å²) in [5.41, 5.74) is 5.92. The molecule has 1 amide bonds. The van der Waals surface area contributed by atoms with E-state index in [1.165, 1.54) is 11.3 Å². The number of likely N-dealkylation sites (tertiary alicyclic amines) is 1. The minimum Gasteiger partial charge on any atom is -0.338 e. The number of hydrogen-bond donors (Lipinski definition) is 1. The van der Waals surface area contributed by atoms with E-state index in [0.29, 0.717) is 10.3 Å². The van der Waals surface area contributed by atoms with Crippen LogP contribution in [0.2, 0.25) is 4.34 Å². The molecule has 1 saturated heterocycles. The van der Waals surface area contributed by atoms with Crippen molar-refractivity contribution >= 4 is 41.3 Å². The lowest BCUT2D eigenvalue weighted by Gasteiger charge is -2.34. The monoisotopic (exact) mass is 308 g/mol. The third-order valence-electron chi connectivity index (χ3n) is 3.27. The first-order valence-electron chi connectivity index (χ1n) is 5.88. The third-order valence-corrected chi connectivity index (χ3v) is 4.49. The summed E-state index contributed by atoms with van der Waals surface area (Å²) in [7, 11) is 0. The summed E-state index contributed by atoms with van der Waals surface area (Å²) >= 11 is 7.19. The number of carbonyl (C=O) groups is 1. The summed E-state index contributed by atoms with van der Waals surface area (Å²) in [4.78, 5) is 14.8. The minimum atomic E-state index is 0. The van der Waals surface area contributed by atoms with Gasteiger partial charge in [0.05, 0.1) is 9.21 Å². The summed E-state index contributed by atoms with van der Waals surface area (Å²) < 4.78 is 0.661. The van der Waals surface area contributed by atoms with Crippen LogP contribution in [0.3, 0.4) is 0 Å². The molecule has 2 heterocycles. The van der Waals surface area contributed by atoms with Crippen LogP contribution in [-0.4, -0.2) is 29.9 Å². The third kappa shape index (κ3) is 3.60. The zero-order valence-corrected chi connectivity index (χ0v) is 12.7. The maximum absolute atomic E-state index is 12.2. The number of rotatable bonds is 2. The predicted octanol–water partition coefficient (Wildman–Crippen LogP) is 3.02. The van der Waals surface area contributed by atoms with Gasteiger partial charge in [-0.25, -0.2) is 0 Å². The standard InChI is InChI=1S/C12H17ClN2OS.ClH/c1-8(14)9-3-2-6-15(7-9)12(16)10-4-5-11(13)17-10;/h4-5,8-9H,2-3,6-7,14H2,1H3;1H. The number of nitrogens with two attached hydrogens (primary N) is 1. The first-order valence-corrected chi connectivity index (χ1v) is 7.07. The highest BCUT2D eigenvalue weighted by atomic mass is 35.5. The summed E-state index contributed by atoms with van der Waals surface area (Å²) in [5.74, 6) is 0.510. The van der Waals surface area contributed by atoms with Crippen LogP contribution < -0.4 is 5.73 Å². The molecule has 0 saturated carbocycles. The minimum absolute atomic E-state index is 0. The Bertz CT molecular complexity index is 409. The van der Waals surface area contributed by atoms with Gasteiger partial charge in [0.2, 0.25) is 0 Å². The van der Waals surface area contributed by atoms with Gasteiger partial charge >= 0.3 is 0 Å². The van der Waals surface area contributed by atoms with Crippen LogP contribution in [0.1, 0.15) is 29.4 Å². The molecule has 0 spiro atoms. The molecule has 0 bridgehead atoms. The second-order valence-electron chi connectivity index (χ2n) is 4.62. The fraction of sp³-hybridized carbons (Fsp3) is 0.583. The number of carbonyl (C=O) groups excluding carboxylic acids is 1. The van der Waals surface area contributed by atoms with Gasteiger partial charge in [0.15, 0.2) is 0 Å². The molecule has 2 unspecified atom stereocenters. The van der Waals surface area contributed by atoms with Crippen molar-refractivity contribution in [1.29, 1.82) is 0 Å². The van der Waals surface area contributed by atoms with Crippen LogP contribution in [0.25, 0.3) is 0 Å². The van der Waals surface area contributed by atoms with Crippen molar-refractivity contribution in [3.63, 3.8) is 0 Å². The van der Waals surface area contributed by atoms with Crippen molar-refractivity contribution in [2.24, 2.45) is 11.7 Å². The summed E-state index contributed by atoms with van der Waals surface area (Å²) in [5, 5.41) is 0. The van der Waals surface area contributed by atoms with E-state index in [9.17, 15) is 4.79 Å². The SMILES string of the molecule is CC(N)C1CCCN(C(=O)c2ccc(Cl)s2)C1.Cl. The van der Waals surface area contributed by atoms with E-state index in [-0.39, 0.29) is 24.4 Å². The Kier molecular flexibility index (Phi) is 5.92. The van der Waals surface area contributed by atoms with E-state index in [1.807, 2.05) is 11.8 Å². The molecule has 1 aromatic heterocycles. The van der Waals surface area contributed by atoms with E-state index >= 15 is 0 Å². The normalized spacial score (nSPS) is 21.3. The molecule has 0 aliphatic carbocycles. The van der Waals surface area contributed by atoms with Gasteiger partial charge in [-0.1, -0.05) is 11.6 Å². The summed E-state index contributed by atoms with van der Waals surface area (Å²) in [6.07, 6.45) is 2.16. The molecule has 1 aliphatic heterocycles. The fourth-order valence-corrected chi connectivity index (χ4v) is 3.22. The Morgan fingerprint density at radius 3 is 2.89 bits per heavy atom. The fourth-order valence-electron chi connectivity index (χ4n) is 2.21. The second-order valence-corrected chi connectivity index (χ2v) is 6.33. The average Bonchev–Trinajstić information content (AvgIpc) is 2.75. The molecule has 18 heavy (non-hydrogen) atoms. The van der Waals surface area contributed by atoms with Gasteiger partial charge < -0.3 is 10.6 Å². The number of halogens is 2. The molecule has 1 aromatic rings. The smallest absolute Gasteiger partial charge is 0.263 e. The lowest BCUT2D eigenvalue weighted by Crippen LogP contribution is -2.44. The van der Waals surface area contributed by atoms with Crippen molar-refractivity contribution < 1.29 is 4.79 Å². The van der Waals surface area contributed by atoms with Crippen molar-refractivity contribution in [3.05, 3.63) is 21.3 Å². The van der Waals surface area contributed by atoms with Crippen molar-refractivity contribution in [1.82, 2.24) is 4.90 Å². The molecule has 0 aromatic carbocycles. The van der Waals surface area contributed by atoms with E-state index in [0.717, 1.165) is 30.8 Å². The number of amides is 1. The van der Waals surface area contributed by atoms with Gasteiger partial charge in [-0.15, -0.1) is 23.7 Å². The summed E-state index contributed by atoms with van der Waals surface area (Å²) in [6, 6.07) is 3.72. The molecule has 2 N–H and O–H groups in total. The van der Waals surface area contributed by atoms with Gasteiger partial charge in [-0.05, 0) is 37.8 Å². The van der Waals surface area contributed by atoms with Crippen molar-refractivity contribution in [2.75, 3.05) is 13.1 Å². The Morgan fingerprint density at radius 2 is 2.33 bits per heavy atom. The molecule has 1 fully saturated rings. The molecular formula is C12H18Cl2N2OS. The van der Waals surface area contributed by atoms with Crippen molar-refractivity contribution in [3.8, 4) is 0 Å². The molecular weight excluding hydrogens is 291 g/mol. The average molecular weight is 309 g/mol. The lowest BCUT2D eigenvalue weighted by atomic mass is 9.92. The Morgan fingerprint density at radius 1 is 1.61 bits per heavy atom. The maximum Gasteiger partial charge on any atom is 0.263 e. The summed E-state index contributed by atoms with van der Waals surface area (Å²) in [6.45, 7) is 3.62. The van der Waals surface area contributed by atoms with E-state index in [2.05, 4.69) is 0 Å². The zero-order valence-electron chi connectivity index (χ0n) is 10.3. The maximum atomic E-state index is 12.2. The molecule has 2 rings (SSSR count). The van der Waals surface area contributed by atoms with Crippen LogP contribution in [0.15, 0.2) is 12.1 Å². The number of thiophene rings is 1. The Hall–Kier alpha value is -0.290. The van der Waals surface area contributed by atoms with E-state index in [4.69, 9.17) is 17.3 Å². The lowest BCUT2D eigenvalue weighted by molar-refractivity contribution is 0.0666.